The van der Waals surface area contributed by atoms with Gasteiger partial charge in [0.25, 0.3) is 5.56 Å². The number of aliphatic hydroxyl groups is 1. The van der Waals surface area contributed by atoms with E-state index in [1.807, 2.05) is 6.07 Å². The van der Waals surface area contributed by atoms with Gasteiger partial charge in [0.05, 0.1) is 12.3 Å². The zero-order valence-electron chi connectivity index (χ0n) is 12.5. The molecule has 1 fully saturated rings. The molecule has 0 bridgehead atoms. The smallest absolute Gasteiger partial charge is 0.256 e. The van der Waals surface area contributed by atoms with E-state index in [2.05, 4.69) is 0 Å². The van der Waals surface area contributed by atoms with Crippen molar-refractivity contribution < 1.29 is 9.50 Å². The minimum Gasteiger partial charge on any atom is -0.391 e. The van der Waals surface area contributed by atoms with Crippen LogP contribution in [0.1, 0.15) is 43.7 Å². The van der Waals surface area contributed by atoms with Gasteiger partial charge < -0.3 is 9.67 Å². The van der Waals surface area contributed by atoms with Gasteiger partial charge >= 0.3 is 0 Å². The van der Waals surface area contributed by atoms with Crippen LogP contribution in [0.3, 0.4) is 0 Å². The lowest BCUT2D eigenvalue weighted by molar-refractivity contribution is 0.276. The Balaban J connectivity index is 2.14. The SMILES string of the molecule is O=c1c(CO)ccc(-c2ccc(F)cc2)n1C1CCCCC1. The van der Waals surface area contributed by atoms with E-state index in [0.29, 0.717) is 5.56 Å². The summed E-state index contributed by atoms with van der Waals surface area (Å²) in [6.07, 6.45) is 5.38. The maximum Gasteiger partial charge on any atom is 0.256 e. The van der Waals surface area contributed by atoms with Crippen molar-refractivity contribution in [2.75, 3.05) is 0 Å². The van der Waals surface area contributed by atoms with Gasteiger partial charge in [0.1, 0.15) is 5.82 Å². The Hall–Kier alpha value is -1.94. The Morgan fingerprint density at radius 3 is 2.36 bits per heavy atom. The van der Waals surface area contributed by atoms with Crippen LogP contribution >= 0.6 is 0 Å². The molecule has 0 saturated heterocycles. The summed E-state index contributed by atoms with van der Waals surface area (Å²) in [6, 6.07) is 9.89. The molecule has 3 rings (SSSR count). The van der Waals surface area contributed by atoms with E-state index in [1.54, 1.807) is 22.8 Å². The van der Waals surface area contributed by atoms with Crippen LogP contribution in [0, 0.1) is 5.82 Å². The van der Waals surface area contributed by atoms with Crippen molar-refractivity contribution >= 4 is 0 Å². The Bertz CT molecular complexity index is 700. The molecule has 4 heteroatoms. The summed E-state index contributed by atoms with van der Waals surface area (Å²) in [4.78, 5) is 12.7. The first-order chi connectivity index (χ1) is 10.7. The van der Waals surface area contributed by atoms with Gasteiger partial charge in [0.2, 0.25) is 0 Å². The van der Waals surface area contributed by atoms with Crippen molar-refractivity contribution in [3.63, 3.8) is 0 Å². The van der Waals surface area contributed by atoms with Gasteiger partial charge in [-0.3, -0.25) is 4.79 Å². The summed E-state index contributed by atoms with van der Waals surface area (Å²) >= 11 is 0. The van der Waals surface area contributed by atoms with Crippen molar-refractivity contribution in [2.24, 2.45) is 0 Å². The zero-order chi connectivity index (χ0) is 15.5. The molecule has 1 N–H and O–H groups in total. The quantitative estimate of drug-likeness (QED) is 0.940. The fourth-order valence-electron chi connectivity index (χ4n) is 3.27. The fraction of sp³-hybridized carbons (Fsp3) is 0.389. The second kappa shape index (κ2) is 6.44. The first kappa shape index (κ1) is 15.0. The highest BCUT2D eigenvalue weighted by atomic mass is 19.1. The van der Waals surface area contributed by atoms with Crippen LogP contribution in [-0.4, -0.2) is 9.67 Å². The first-order valence-electron chi connectivity index (χ1n) is 7.82. The topological polar surface area (TPSA) is 42.2 Å². The molecular formula is C18H20FNO2. The molecule has 0 radical (unpaired) electrons. The molecule has 3 nitrogen and oxygen atoms in total. The first-order valence-corrected chi connectivity index (χ1v) is 7.82. The lowest BCUT2D eigenvalue weighted by Crippen LogP contribution is -2.30. The van der Waals surface area contributed by atoms with Crippen LogP contribution in [0.5, 0.6) is 0 Å². The Labute approximate surface area is 129 Å². The molecule has 1 saturated carbocycles. The lowest BCUT2D eigenvalue weighted by Gasteiger charge is -2.27. The number of nitrogens with zero attached hydrogens (tertiary/aromatic N) is 1. The number of halogens is 1. The summed E-state index contributed by atoms with van der Waals surface area (Å²) in [5.74, 6) is -0.290. The second-order valence-electron chi connectivity index (χ2n) is 5.88. The Kier molecular flexibility index (Phi) is 4.39. The molecule has 22 heavy (non-hydrogen) atoms. The summed E-state index contributed by atoms with van der Waals surface area (Å²) in [5, 5.41) is 9.38. The molecular weight excluding hydrogens is 281 g/mol. The average Bonchev–Trinajstić information content (AvgIpc) is 2.56. The van der Waals surface area contributed by atoms with E-state index in [4.69, 9.17) is 0 Å². The Morgan fingerprint density at radius 1 is 1.05 bits per heavy atom. The molecule has 0 aliphatic heterocycles. The lowest BCUT2D eigenvalue weighted by atomic mass is 9.94. The predicted molar refractivity (Wildman–Crippen MR) is 84.1 cm³/mol. The minimum atomic E-state index is -0.290. The van der Waals surface area contributed by atoms with Crippen LogP contribution in [-0.2, 0) is 6.61 Å². The third kappa shape index (κ3) is 2.83. The largest absolute Gasteiger partial charge is 0.391 e. The van der Waals surface area contributed by atoms with E-state index in [0.717, 1.165) is 36.9 Å². The molecule has 0 amide bonds. The molecule has 116 valence electrons. The van der Waals surface area contributed by atoms with Crippen molar-refractivity contribution in [3.05, 3.63) is 58.1 Å². The molecule has 2 aromatic rings. The summed E-state index contributed by atoms with van der Waals surface area (Å²) in [6.45, 7) is -0.255. The van der Waals surface area contributed by atoms with Crippen molar-refractivity contribution in [2.45, 2.75) is 44.8 Å². The Morgan fingerprint density at radius 2 is 1.73 bits per heavy atom. The highest BCUT2D eigenvalue weighted by Gasteiger charge is 2.21. The van der Waals surface area contributed by atoms with Gasteiger partial charge in [-0.15, -0.1) is 0 Å². The van der Waals surface area contributed by atoms with Crippen LogP contribution < -0.4 is 5.56 Å². The van der Waals surface area contributed by atoms with Gasteiger partial charge in [0, 0.05) is 11.6 Å². The number of rotatable bonds is 3. The molecule has 1 aromatic carbocycles. The van der Waals surface area contributed by atoms with Gasteiger partial charge in [-0.2, -0.15) is 0 Å². The van der Waals surface area contributed by atoms with E-state index >= 15 is 0 Å². The number of pyridine rings is 1. The molecule has 0 atom stereocenters. The monoisotopic (exact) mass is 301 g/mol. The highest BCUT2D eigenvalue weighted by molar-refractivity contribution is 5.60. The molecule has 1 heterocycles. The number of aromatic nitrogens is 1. The van der Waals surface area contributed by atoms with Crippen molar-refractivity contribution in [3.8, 4) is 11.3 Å². The molecule has 1 aliphatic rings. The maximum atomic E-state index is 13.2. The van der Waals surface area contributed by atoms with Crippen LogP contribution in [0.15, 0.2) is 41.2 Å². The van der Waals surface area contributed by atoms with Crippen LogP contribution in [0.4, 0.5) is 4.39 Å². The highest BCUT2D eigenvalue weighted by Crippen LogP contribution is 2.31. The molecule has 1 aromatic heterocycles. The molecule has 0 unspecified atom stereocenters. The van der Waals surface area contributed by atoms with Crippen molar-refractivity contribution in [1.82, 2.24) is 4.57 Å². The average molecular weight is 301 g/mol. The summed E-state index contributed by atoms with van der Waals surface area (Å²) in [7, 11) is 0. The standard InChI is InChI=1S/C18H20FNO2/c19-15-9-6-13(7-10-15)17-11-8-14(12-21)18(22)20(17)16-4-2-1-3-5-16/h6-11,16,21H,1-5,12H2. The number of benzene rings is 1. The normalized spacial score (nSPS) is 15.9. The van der Waals surface area contributed by atoms with Gasteiger partial charge in [-0.25, -0.2) is 4.39 Å². The van der Waals surface area contributed by atoms with Crippen LogP contribution in [0.2, 0.25) is 0 Å². The second-order valence-corrected chi connectivity index (χ2v) is 5.88. The number of aliphatic hydroxyl groups excluding tert-OH is 1. The third-order valence-corrected chi connectivity index (χ3v) is 4.45. The van der Waals surface area contributed by atoms with E-state index in [9.17, 15) is 14.3 Å². The fourth-order valence-corrected chi connectivity index (χ4v) is 3.27. The minimum absolute atomic E-state index is 0.128. The third-order valence-electron chi connectivity index (χ3n) is 4.45. The van der Waals surface area contributed by atoms with Crippen molar-refractivity contribution in [1.29, 1.82) is 0 Å². The number of hydrogen-bond acceptors (Lipinski definition) is 2. The maximum absolute atomic E-state index is 13.2. The zero-order valence-corrected chi connectivity index (χ0v) is 12.5. The van der Waals surface area contributed by atoms with Gasteiger partial charge in [-0.05, 0) is 54.8 Å². The van der Waals surface area contributed by atoms with Gasteiger partial charge in [0.15, 0.2) is 0 Å². The predicted octanol–water partition coefficient (Wildman–Crippen LogP) is 3.65. The van der Waals surface area contributed by atoms with E-state index < -0.39 is 0 Å². The number of hydrogen-bond donors (Lipinski definition) is 1. The van der Waals surface area contributed by atoms with E-state index in [1.165, 1.54) is 18.6 Å². The summed E-state index contributed by atoms with van der Waals surface area (Å²) in [5.41, 5.74) is 1.91. The molecule has 1 aliphatic carbocycles. The molecule has 0 spiro atoms. The van der Waals surface area contributed by atoms with Gasteiger partial charge in [-0.1, -0.05) is 19.3 Å². The van der Waals surface area contributed by atoms with Crippen LogP contribution in [0.25, 0.3) is 11.3 Å². The summed E-state index contributed by atoms with van der Waals surface area (Å²) < 4.78 is 15.0. The van der Waals surface area contributed by atoms with E-state index in [-0.39, 0.29) is 24.0 Å².